The summed E-state index contributed by atoms with van der Waals surface area (Å²) >= 11 is 0. The normalized spacial score (nSPS) is 16.2. The van der Waals surface area contributed by atoms with E-state index < -0.39 is 30.3 Å². The van der Waals surface area contributed by atoms with Crippen LogP contribution in [0.4, 0.5) is 4.79 Å². The largest absolute Gasteiger partial charge is 0.337 e. The fourth-order valence-corrected chi connectivity index (χ4v) is 2.17. The molecule has 1 aliphatic heterocycles. The van der Waals surface area contributed by atoms with Crippen molar-refractivity contribution in [2.75, 3.05) is 20.6 Å². The van der Waals surface area contributed by atoms with Crippen LogP contribution in [-0.4, -0.2) is 59.1 Å². The molecular weight excluding hydrogens is 286 g/mol. The Labute approximate surface area is 128 Å². The van der Waals surface area contributed by atoms with Gasteiger partial charge in [-0.15, -0.1) is 0 Å². The van der Waals surface area contributed by atoms with E-state index in [4.69, 9.17) is 0 Å². The van der Waals surface area contributed by atoms with Crippen molar-refractivity contribution in [1.29, 1.82) is 0 Å². The molecule has 0 N–H and O–H groups in total. The fraction of sp³-hybridized carbons (Fsp3) is 0.333. The molecule has 116 valence electrons. The molecule has 0 aliphatic carbocycles. The van der Waals surface area contributed by atoms with E-state index in [-0.39, 0.29) is 6.04 Å². The standard InChI is InChI=1S/C15H17N3O4/c1-10(11-7-5-4-6-8-11)16(2)12(19)9-18-14(21)13(20)17(3)15(18)22/h4-8,10H,9H2,1-3H3/t10-/m0/s1. The van der Waals surface area contributed by atoms with Gasteiger partial charge in [-0.2, -0.15) is 0 Å². The summed E-state index contributed by atoms with van der Waals surface area (Å²) in [5.74, 6) is -2.31. The molecule has 5 amide bonds. The van der Waals surface area contributed by atoms with Crippen LogP contribution in [0.15, 0.2) is 30.3 Å². The van der Waals surface area contributed by atoms with Crippen molar-refractivity contribution < 1.29 is 19.2 Å². The number of benzene rings is 1. The molecule has 1 aliphatic rings. The molecule has 1 aromatic rings. The summed E-state index contributed by atoms with van der Waals surface area (Å²) < 4.78 is 0. The van der Waals surface area contributed by atoms with Crippen LogP contribution in [0.2, 0.25) is 0 Å². The molecule has 7 heteroatoms. The lowest BCUT2D eigenvalue weighted by Gasteiger charge is -2.26. The molecular formula is C15H17N3O4. The van der Waals surface area contributed by atoms with Crippen molar-refractivity contribution in [2.24, 2.45) is 0 Å². The van der Waals surface area contributed by atoms with Crippen LogP contribution in [-0.2, 0) is 14.4 Å². The molecule has 7 nitrogen and oxygen atoms in total. The van der Waals surface area contributed by atoms with Crippen LogP contribution < -0.4 is 0 Å². The van der Waals surface area contributed by atoms with Gasteiger partial charge in [0.1, 0.15) is 6.54 Å². The zero-order valence-corrected chi connectivity index (χ0v) is 12.6. The van der Waals surface area contributed by atoms with Gasteiger partial charge in [0.2, 0.25) is 5.91 Å². The molecule has 1 atom stereocenters. The van der Waals surface area contributed by atoms with Gasteiger partial charge in [-0.25, -0.2) is 9.69 Å². The van der Waals surface area contributed by atoms with Crippen LogP contribution in [0.5, 0.6) is 0 Å². The third-order valence-corrected chi connectivity index (χ3v) is 3.80. The molecule has 1 fully saturated rings. The minimum Gasteiger partial charge on any atom is -0.337 e. The number of rotatable bonds is 4. The highest BCUT2D eigenvalue weighted by molar-refractivity contribution is 6.44. The van der Waals surface area contributed by atoms with Crippen LogP contribution in [0.1, 0.15) is 18.5 Å². The Morgan fingerprint density at radius 2 is 1.73 bits per heavy atom. The molecule has 1 aromatic carbocycles. The van der Waals surface area contributed by atoms with E-state index in [1.54, 1.807) is 7.05 Å². The number of nitrogens with zero attached hydrogens (tertiary/aromatic N) is 3. The fourth-order valence-electron chi connectivity index (χ4n) is 2.17. The number of imide groups is 2. The Morgan fingerprint density at radius 1 is 1.14 bits per heavy atom. The summed E-state index contributed by atoms with van der Waals surface area (Å²) in [6, 6.07) is 8.40. The van der Waals surface area contributed by atoms with Gasteiger partial charge in [0.05, 0.1) is 6.04 Å². The zero-order chi connectivity index (χ0) is 16.4. The molecule has 1 heterocycles. The first-order valence-corrected chi connectivity index (χ1v) is 6.78. The van der Waals surface area contributed by atoms with Crippen molar-refractivity contribution in [1.82, 2.24) is 14.7 Å². The van der Waals surface area contributed by atoms with Crippen LogP contribution in [0.3, 0.4) is 0 Å². The first kappa shape index (κ1) is 15.7. The second-order valence-corrected chi connectivity index (χ2v) is 5.13. The highest BCUT2D eigenvalue weighted by atomic mass is 16.2. The summed E-state index contributed by atoms with van der Waals surface area (Å²) in [7, 11) is 2.81. The molecule has 0 unspecified atom stereocenters. The third kappa shape index (κ3) is 2.69. The number of carbonyl (C=O) groups is 4. The van der Waals surface area contributed by atoms with Gasteiger partial charge in [-0.3, -0.25) is 19.3 Å². The predicted octanol–water partition coefficient (Wildman–Crippen LogP) is 0.627. The summed E-state index contributed by atoms with van der Waals surface area (Å²) in [5, 5.41) is 0. The summed E-state index contributed by atoms with van der Waals surface area (Å²) in [6.07, 6.45) is 0. The van der Waals surface area contributed by atoms with E-state index in [1.165, 1.54) is 11.9 Å². The van der Waals surface area contributed by atoms with Gasteiger partial charge in [-0.05, 0) is 12.5 Å². The minimum absolute atomic E-state index is 0.213. The third-order valence-electron chi connectivity index (χ3n) is 3.80. The van der Waals surface area contributed by atoms with Gasteiger partial charge in [0.25, 0.3) is 0 Å². The lowest BCUT2D eigenvalue weighted by atomic mass is 10.1. The van der Waals surface area contributed by atoms with Crippen molar-refractivity contribution in [3.05, 3.63) is 35.9 Å². The van der Waals surface area contributed by atoms with Gasteiger partial charge < -0.3 is 4.90 Å². The first-order chi connectivity index (χ1) is 10.3. The Morgan fingerprint density at radius 3 is 2.23 bits per heavy atom. The Balaban J connectivity index is 2.08. The maximum Gasteiger partial charge on any atom is 0.334 e. The quantitative estimate of drug-likeness (QED) is 0.603. The van der Waals surface area contributed by atoms with Gasteiger partial charge in [0, 0.05) is 14.1 Å². The van der Waals surface area contributed by atoms with Gasteiger partial charge in [-0.1, -0.05) is 30.3 Å². The maximum absolute atomic E-state index is 12.3. The van der Waals surface area contributed by atoms with E-state index in [1.807, 2.05) is 37.3 Å². The van der Waals surface area contributed by atoms with Crippen molar-refractivity contribution in [2.45, 2.75) is 13.0 Å². The number of likely N-dealkylation sites (N-methyl/N-ethyl adjacent to an activating group) is 2. The lowest BCUT2D eigenvalue weighted by Crippen LogP contribution is -2.42. The van der Waals surface area contributed by atoms with Crippen molar-refractivity contribution in [3.8, 4) is 0 Å². The average Bonchev–Trinajstić information content (AvgIpc) is 2.72. The number of carbonyl (C=O) groups excluding carboxylic acids is 4. The molecule has 0 radical (unpaired) electrons. The number of hydrogen-bond donors (Lipinski definition) is 0. The van der Waals surface area contributed by atoms with Crippen LogP contribution in [0.25, 0.3) is 0 Å². The number of amides is 5. The van der Waals surface area contributed by atoms with Gasteiger partial charge in [0.15, 0.2) is 0 Å². The predicted molar refractivity (Wildman–Crippen MR) is 77.5 cm³/mol. The highest BCUT2D eigenvalue weighted by Gasteiger charge is 2.43. The topological polar surface area (TPSA) is 78.0 Å². The molecule has 2 rings (SSSR count). The summed E-state index contributed by atoms with van der Waals surface area (Å²) in [5.41, 5.74) is 0.936. The van der Waals surface area contributed by atoms with Crippen LogP contribution in [0, 0.1) is 0 Å². The van der Waals surface area contributed by atoms with E-state index >= 15 is 0 Å². The lowest BCUT2D eigenvalue weighted by molar-refractivity contribution is -0.144. The van der Waals surface area contributed by atoms with E-state index in [0.717, 1.165) is 5.56 Å². The molecule has 0 bridgehead atoms. The molecule has 1 saturated heterocycles. The molecule has 0 saturated carbocycles. The Bertz CT molecular complexity index is 629. The van der Waals surface area contributed by atoms with E-state index in [0.29, 0.717) is 9.80 Å². The second kappa shape index (κ2) is 5.97. The first-order valence-electron chi connectivity index (χ1n) is 6.78. The van der Waals surface area contributed by atoms with Crippen molar-refractivity contribution in [3.63, 3.8) is 0 Å². The summed E-state index contributed by atoms with van der Waals surface area (Å²) in [6.45, 7) is 1.40. The minimum atomic E-state index is -0.971. The van der Waals surface area contributed by atoms with E-state index in [9.17, 15) is 19.2 Å². The Kier molecular flexibility index (Phi) is 4.25. The number of urea groups is 1. The zero-order valence-electron chi connectivity index (χ0n) is 12.6. The van der Waals surface area contributed by atoms with E-state index in [2.05, 4.69) is 0 Å². The van der Waals surface area contributed by atoms with Gasteiger partial charge >= 0.3 is 17.8 Å². The number of hydrogen-bond acceptors (Lipinski definition) is 4. The maximum atomic E-state index is 12.3. The van der Waals surface area contributed by atoms with Crippen LogP contribution >= 0.6 is 0 Å². The SMILES string of the molecule is C[C@@H](c1ccccc1)N(C)C(=O)CN1C(=O)C(=O)N(C)C1=O. The molecule has 0 aromatic heterocycles. The molecule has 0 spiro atoms. The van der Waals surface area contributed by atoms with Crippen molar-refractivity contribution >= 4 is 23.8 Å². The summed E-state index contributed by atoms with van der Waals surface area (Å²) in [4.78, 5) is 49.9. The average molecular weight is 303 g/mol. The smallest absolute Gasteiger partial charge is 0.334 e. The Hall–Kier alpha value is -2.70. The monoisotopic (exact) mass is 303 g/mol. The highest BCUT2D eigenvalue weighted by Crippen LogP contribution is 2.19. The second-order valence-electron chi connectivity index (χ2n) is 5.13. The molecule has 22 heavy (non-hydrogen) atoms.